The number of carbonyl (C=O) groups is 1. The largest absolute Gasteiger partial charge is 0.460 e. The van der Waals surface area contributed by atoms with Crippen molar-refractivity contribution >= 4 is 5.97 Å². The summed E-state index contributed by atoms with van der Waals surface area (Å²) >= 11 is 0. The third kappa shape index (κ3) is 3.41. The number of hydrogen-bond donors (Lipinski definition) is 1. The molecule has 0 aromatic heterocycles. The third-order valence-corrected chi connectivity index (χ3v) is 1.84. The smallest absolute Gasteiger partial charge is 0.322 e. The molecule has 0 saturated carbocycles. The average molecular weight is 204 g/mol. The Bertz CT molecular complexity index is 377. The molecule has 0 aliphatic rings. The molecule has 0 fully saturated rings. The monoisotopic (exact) mass is 204 g/mol. The first-order valence-corrected chi connectivity index (χ1v) is 4.54. The van der Waals surface area contributed by atoms with Gasteiger partial charge < -0.3 is 10.5 Å². The summed E-state index contributed by atoms with van der Waals surface area (Å²) in [5.74, 6) is -0.431. The van der Waals surface area contributed by atoms with E-state index < -0.39 is 12.0 Å². The summed E-state index contributed by atoms with van der Waals surface area (Å²) in [6, 6.07) is 8.24. The van der Waals surface area contributed by atoms with Crippen LogP contribution in [0.2, 0.25) is 0 Å². The Morgan fingerprint density at radius 3 is 2.60 bits per heavy atom. The summed E-state index contributed by atoms with van der Waals surface area (Å²) in [7, 11) is 0. The van der Waals surface area contributed by atoms with Crippen molar-refractivity contribution in [2.75, 3.05) is 0 Å². The number of nitriles is 1. The van der Waals surface area contributed by atoms with Crippen LogP contribution >= 0.6 is 0 Å². The van der Waals surface area contributed by atoms with Gasteiger partial charge in [-0.1, -0.05) is 12.1 Å². The van der Waals surface area contributed by atoms with E-state index in [2.05, 4.69) is 0 Å². The molecule has 0 aliphatic carbocycles. The standard InChI is InChI=1S/C11H12N2O2/c1-8(13)11(14)15-7-10-4-2-9(6-12)3-5-10/h2-5,8H,7,13H2,1H3/t8-/m0/s1. The maximum Gasteiger partial charge on any atom is 0.322 e. The fraction of sp³-hybridized carbons (Fsp3) is 0.273. The number of ether oxygens (including phenoxy) is 1. The molecule has 1 atom stereocenters. The van der Waals surface area contributed by atoms with Crippen molar-refractivity contribution in [2.24, 2.45) is 5.73 Å². The lowest BCUT2D eigenvalue weighted by atomic mass is 10.2. The molecule has 2 N–H and O–H groups in total. The molecule has 4 heteroatoms. The van der Waals surface area contributed by atoms with Gasteiger partial charge in [0.2, 0.25) is 0 Å². The van der Waals surface area contributed by atoms with E-state index in [0.29, 0.717) is 5.56 Å². The summed E-state index contributed by atoms with van der Waals surface area (Å²) in [5.41, 5.74) is 6.75. The third-order valence-electron chi connectivity index (χ3n) is 1.84. The predicted molar refractivity (Wildman–Crippen MR) is 54.6 cm³/mol. The van der Waals surface area contributed by atoms with E-state index in [-0.39, 0.29) is 6.61 Å². The van der Waals surface area contributed by atoms with Crippen LogP contribution in [0.3, 0.4) is 0 Å². The van der Waals surface area contributed by atoms with E-state index in [0.717, 1.165) is 5.56 Å². The molecule has 1 rings (SSSR count). The van der Waals surface area contributed by atoms with Gasteiger partial charge in [-0.2, -0.15) is 5.26 Å². The maximum atomic E-state index is 11.0. The van der Waals surface area contributed by atoms with Gasteiger partial charge in [-0.15, -0.1) is 0 Å². The van der Waals surface area contributed by atoms with E-state index in [1.807, 2.05) is 6.07 Å². The van der Waals surface area contributed by atoms with Crippen molar-refractivity contribution in [2.45, 2.75) is 19.6 Å². The zero-order chi connectivity index (χ0) is 11.3. The Hall–Kier alpha value is -1.86. The van der Waals surface area contributed by atoms with Crippen molar-refractivity contribution in [3.63, 3.8) is 0 Å². The first kappa shape index (κ1) is 11.2. The number of benzene rings is 1. The van der Waals surface area contributed by atoms with Gasteiger partial charge in [-0.05, 0) is 24.6 Å². The minimum absolute atomic E-state index is 0.187. The van der Waals surface area contributed by atoms with Crippen LogP contribution in [-0.2, 0) is 16.1 Å². The van der Waals surface area contributed by atoms with Crippen LogP contribution in [-0.4, -0.2) is 12.0 Å². The van der Waals surface area contributed by atoms with Crippen LogP contribution < -0.4 is 5.73 Å². The number of nitrogens with zero attached hydrogens (tertiary/aromatic N) is 1. The Labute approximate surface area is 88.3 Å². The van der Waals surface area contributed by atoms with Crippen molar-refractivity contribution < 1.29 is 9.53 Å². The number of hydrogen-bond acceptors (Lipinski definition) is 4. The van der Waals surface area contributed by atoms with Gasteiger partial charge in [0.1, 0.15) is 12.6 Å². The highest BCUT2D eigenvalue weighted by molar-refractivity contribution is 5.74. The lowest BCUT2D eigenvalue weighted by Gasteiger charge is -2.06. The van der Waals surface area contributed by atoms with Crippen LogP contribution in [0, 0.1) is 11.3 Å². The van der Waals surface area contributed by atoms with E-state index in [1.54, 1.807) is 31.2 Å². The summed E-state index contributed by atoms with van der Waals surface area (Å²) in [6.45, 7) is 1.76. The van der Waals surface area contributed by atoms with Crippen LogP contribution in [0.15, 0.2) is 24.3 Å². The average Bonchev–Trinajstić information content (AvgIpc) is 2.26. The zero-order valence-corrected chi connectivity index (χ0v) is 8.43. The SMILES string of the molecule is C[C@H](N)C(=O)OCc1ccc(C#N)cc1. The highest BCUT2D eigenvalue weighted by Crippen LogP contribution is 2.05. The van der Waals surface area contributed by atoms with E-state index >= 15 is 0 Å². The lowest BCUT2D eigenvalue weighted by Crippen LogP contribution is -2.28. The molecule has 0 aliphatic heterocycles. The second-order valence-electron chi connectivity index (χ2n) is 3.21. The molecular formula is C11H12N2O2. The fourth-order valence-electron chi connectivity index (χ4n) is 0.961. The number of esters is 1. The maximum absolute atomic E-state index is 11.0. The van der Waals surface area contributed by atoms with Crippen LogP contribution in [0.1, 0.15) is 18.1 Å². The van der Waals surface area contributed by atoms with Gasteiger partial charge in [0.25, 0.3) is 0 Å². The molecular weight excluding hydrogens is 192 g/mol. The van der Waals surface area contributed by atoms with Gasteiger partial charge in [0, 0.05) is 0 Å². The first-order valence-electron chi connectivity index (χ1n) is 4.54. The summed E-state index contributed by atoms with van der Waals surface area (Å²) in [4.78, 5) is 11.0. The van der Waals surface area contributed by atoms with Crippen molar-refractivity contribution in [3.05, 3.63) is 35.4 Å². The minimum Gasteiger partial charge on any atom is -0.460 e. The molecule has 0 saturated heterocycles. The van der Waals surface area contributed by atoms with Gasteiger partial charge in [-0.25, -0.2) is 0 Å². The highest BCUT2D eigenvalue weighted by Gasteiger charge is 2.08. The van der Waals surface area contributed by atoms with Crippen LogP contribution in [0.4, 0.5) is 0 Å². The number of rotatable bonds is 3. The lowest BCUT2D eigenvalue weighted by molar-refractivity contribution is -0.146. The normalized spacial score (nSPS) is 11.5. The second kappa shape index (κ2) is 5.13. The van der Waals surface area contributed by atoms with Crippen molar-refractivity contribution in [1.29, 1.82) is 5.26 Å². The van der Waals surface area contributed by atoms with E-state index in [4.69, 9.17) is 15.7 Å². The molecule has 1 aromatic carbocycles. The molecule has 0 bridgehead atoms. The van der Waals surface area contributed by atoms with Gasteiger partial charge in [-0.3, -0.25) is 4.79 Å². The van der Waals surface area contributed by atoms with Crippen molar-refractivity contribution in [1.82, 2.24) is 0 Å². The summed E-state index contributed by atoms with van der Waals surface area (Å²) in [5, 5.41) is 8.57. The molecule has 0 unspecified atom stereocenters. The quantitative estimate of drug-likeness (QED) is 0.743. The highest BCUT2D eigenvalue weighted by atomic mass is 16.5. The Balaban J connectivity index is 2.52. The Kier molecular flexibility index (Phi) is 3.83. The number of nitrogens with two attached hydrogens (primary N) is 1. The number of carbonyl (C=O) groups excluding carboxylic acids is 1. The predicted octanol–water partition coefficient (Wildman–Crippen LogP) is 0.949. The molecule has 4 nitrogen and oxygen atoms in total. The van der Waals surface area contributed by atoms with Gasteiger partial charge in [0.15, 0.2) is 0 Å². The Morgan fingerprint density at radius 2 is 2.13 bits per heavy atom. The van der Waals surface area contributed by atoms with Crippen molar-refractivity contribution in [3.8, 4) is 6.07 Å². The zero-order valence-electron chi connectivity index (χ0n) is 8.43. The topological polar surface area (TPSA) is 76.1 Å². The molecule has 0 heterocycles. The Morgan fingerprint density at radius 1 is 1.53 bits per heavy atom. The van der Waals surface area contributed by atoms with Gasteiger partial charge >= 0.3 is 5.97 Å². The first-order chi connectivity index (χ1) is 7.13. The van der Waals surface area contributed by atoms with Gasteiger partial charge in [0.05, 0.1) is 11.6 Å². The summed E-state index contributed by atoms with van der Waals surface area (Å²) in [6.07, 6.45) is 0. The fourth-order valence-corrected chi connectivity index (χ4v) is 0.961. The summed E-state index contributed by atoms with van der Waals surface area (Å²) < 4.78 is 4.92. The molecule has 0 amide bonds. The molecule has 0 radical (unpaired) electrons. The molecule has 0 spiro atoms. The second-order valence-corrected chi connectivity index (χ2v) is 3.21. The molecule has 15 heavy (non-hydrogen) atoms. The van der Waals surface area contributed by atoms with Crippen LogP contribution in [0.25, 0.3) is 0 Å². The van der Waals surface area contributed by atoms with E-state index in [9.17, 15) is 4.79 Å². The molecule has 78 valence electrons. The van der Waals surface area contributed by atoms with Crippen LogP contribution in [0.5, 0.6) is 0 Å². The molecule has 1 aromatic rings. The minimum atomic E-state index is -0.608. The van der Waals surface area contributed by atoms with E-state index in [1.165, 1.54) is 0 Å².